The molecule has 2 rings (SSSR count). The van der Waals surface area contributed by atoms with Crippen molar-refractivity contribution in [3.8, 4) is 5.75 Å². The zero-order valence-corrected chi connectivity index (χ0v) is 11.8. The van der Waals surface area contributed by atoms with Gasteiger partial charge in [-0.05, 0) is 39.7 Å². The molecule has 2 nitrogen and oxygen atoms in total. The molecule has 1 saturated carbocycles. The Morgan fingerprint density at radius 3 is 2.44 bits per heavy atom. The SMILES string of the molecule is CC(C)Oc1ccccc1C(C)NC1CCCC1. The first-order valence-corrected chi connectivity index (χ1v) is 7.18. The van der Waals surface area contributed by atoms with Gasteiger partial charge < -0.3 is 10.1 Å². The van der Waals surface area contributed by atoms with Crippen molar-refractivity contribution in [3.05, 3.63) is 29.8 Å². The number of rotatable bonds is 5. The standard InChI is InChI=1S/C16H25NO/c1-12(2)18-16-11-7-6-10-15(16)13(3)17-14-8-4-5-9-14/h6-7,10-14,17H,4-5,8-9H2,1-3H3. The number of ether oxygens (including phenoxy) is 1. The first kappa shape index (κ1) is 13.4. The number of para-hydroxylation sites is 1. The van der Waals surface area contributed by atoms with Crippen LogP contribution in [0.2, 0.25) is 0 Å². The second-order valence-electron chi connectivity index (χ2n) is 5.57. The summed E-state index contributed by atoms with van der Waals surface area (Å²) < 4.78 is 5.89. The zero-order valence-electron chi connectivity index (χ0n) is 11.8. The Balaban J connectivity index is 2.05. The van der Waals surface area contributed by atoms with E-state index < -0.39 is 0 Å². The van der Waals surface area contributed by atoms with Crippen molar-refractivity contribution >= 4 is 0 Å². The fraction of sp³-hybridized carbons (Fsp3) is 0.625. The van der Waals surface area contributed by atoms with Crippen LogP contribution in [-0.2, 0) is 0 Å². The molecule has 18 heavy (non-hydrogen) atoms. The number of benzene rings is 1. The van der Waals surface area contributed by atoms with Gasteiger partial charge >= 0.3 is 0 Å². The lowest BCUT2D eigenvalue weighted by Gasteiger charge is -2.22. The fourth-order valence-electron chi connectivity index (χ4n) is 2.74. The van der Waals surface area contributed by atoms with Gasteiger partial charge in [0.15, 0.2) is 0 Å². The third-order valence-corrected chi connectivity index (χ3v) is 3.59. The van der Waals surface area contributed by atoms with Gasteiger partial charge in [0, 0.05) is 17.6 Å². The highest BCUT2D eigenvalue weighted by Crippen LogP contribution is 2.28. The molecule has 1 aliphatic carbocycles. The maximum atomic E-state index is 5.89. The van der Waals surface area contributed by atoms with E-state index in [0.717, 1.165) is 5.75 Å². The molecule has 1 aromatic rings. The number of hydrogen-bond donors (Lipinski definition) is 1. The second-order valence-corrected chi connectivity index (χ2v) is 5.57. The van der Waals surface area contributed by atoms with Crippen molar-refractivity contribution < 1.29 is 4.74 Å². The molecular weight excluding hydrogens is 222 g/mol. The van der Waals surface area contributed by atoms with Crippen LogP contribution in [0, 0.1) is 0 Å². The Labute approximate surface area is 111 Å². The Bertz CT molecular complexity index is 369. The first-order chi connectivity index (χ1) is 8.66. The van der Waals surface area contributed by atoms with Crippen LogP contribution in [0.15, 0.2) is 24.3 Å². The van der Waals surface area contributed by atoms with E-state index in [0.29, 0.717) is 12.1 Å². The molecule has 0 aromatic heterocycles. The summed E-state index contributed by atoms with van der Waals surface area (Å²) in [6, 6.07) is 9.43. The molecular formula is C16H25NO. The lowest BCUT2D eigenvalue weighted by Crippen LogP contribution is -2.29. The molecule has 0 saturated heterocycles. The molecule has 0 aliphatic heterocycles. The maximum Gasteiger partial charge on any atom is 0.124 e. The average molecular weight is 247 g/mol. The summed E-state index contributed by atoms with van der Waals surface area (Å²) >= 11 is 0. The second kappa shape index (κ2) is 6.24. The van der Waals surface area contributed by atoms with E-state index in [2.05, 4.69) is 44.3 Å². The van der Waals surface area contributed by atoms with Crippen molar-refractivity contribution in [2.45, 2.75) is 64.6 Å². The van der Waals surface area contributed by atoms with Crippen LogP contribution in [-0.4, -0.2) is 12.1 Å². The van der Waals surface area contributed by atoms with E-state index in [1.165, 1.54) is 31.2 Å². The topological polar surface area (TPSA) is 21.3 Å². The number of nitrogens with one attached hydrogen (secondary N) is 1. The van der Waals surface area contributed by atoms with Gasteiger partial charge in [0.05, 0.1) is 6.10 Å². The van der Waals surface area contributed by atoms with Gasteiger partial charge in [-0.15, -0.1) is 0 Å². The number of hydrogen-bond acceptors (Lipinski definition) is 2. The fourth-order valence-corrected chi connectivity index (χ4v) is 2.74. The molecule has 0 amide bonds. The summed E-state index contributed by atoms with van der Waals surface area (Å²) in [7, 11) is 0. The van der Waals surface area contributed by atoms with Gasteiger partial charge in [-0.25, -0.2) is 0 Å². The highest BCUT2D eigenvalue weighted by molar-refractivity contribution is 5.35. The van der Waals surface area contributed by atoms with Gasteiger partial charge in [0.25, 0.3) is 0 Å². The molecule has 1 unspecified atom stereocenters. The van der Waals surface area contributed by atoms with Crippen molar-refractivity contribution in [1.82, 2.24) is 5.32 Å². The molecule has 2 heteroatoms. The Kier molecular flexibility index (Phi) is 4.65. The molecule has 1 aromatic carbocycles. The van der Waals surface area contributed by atoms with Crippen molar-refractivity contribution in [2.75, 3.05) is 0 Å². The summed E-state index contributed by atoms with van der Waals surface area (Å²) in [4.78, 5) is 0. The Morgan fingerprint density at radius 2 is 1.78 bits per heavy atom. The van der Waals surface area contributed by atoms with E-state index in [-0.39, 0.29) is 6.10 Å². The van der Waals surface area contributed by atoms with Gasteiger partial charge in [0.2, 0.25) is 0 Å². The quantitative estimate of drug-likeness (QED) is 0.847. The molecule has 0 heterocycles. The van der Waals surface area contributed by atoms with Gasteiger partial charge in [0.1, 0.15) is 5.75 Å². The van der Waals surface area contributed by atoms with Crippen molar-refractivity contribution in [2.24, 2.45) is 0 Å². The smallest absolute Gasteiger partial charge is 0.124 e. The van der Waals surface area contributed by atoms with Crippen molar-refractivity contribution in [1.29, 1.82) is 0 Å². The van der Waals surface area contributed by atoms with Crippen LogP contribution in [0.3, 0.4) is 0 Å². The lowest BCUT2D eigenvalue weighted by atomic mass is 10.1. The van der Waals surface area contributed by atoms with Crippen LogP contribution in [0.1, 0.15) is 58.1 Å². The lowest BCUT2D eigenvalue weighted by molar-refractivity contribution is 0.237. The zero-order chi connectivity index (χ0) is 13.0. The molecule has 0 bridgehead atoms. The third-order valence-electron chi connectivity index (χ3n) is 3.59. The summed E-state index contributed by atoms with van der Waals surface area (Å²) in [5.74, 6) is 1.02. The molecule has 1 fully saturated rings. The van der Waals surface area contributed by atoms with Gasteiger partial charge in [-0.1, -0.05) is 31.0 Å². The van der Waals surface area contributed by atoms with Crippen LogP contribution in [0.25, 0.3) is 0 Å². The van der Waals surface area contributed by atoms with Crippen LogP contribution < -0.4 is 10.1 Å². The minimum atomic E-state index is 0.227. The highest BCUT2D eigenvalue weighted by atomic mass is 16.5. The van der Waals surface area contributed by atoms with E-state index in [1.54, 1.807) is 0 Å². The monoisotopic (exact) mass is 247 g/mol. The predicted octanol–water partition coefficient (Wildman–Crippen LogP) is 4.07. The average Bonchev–Trinajstić information content (AvgIpc) is 2.81. The molecule has 1 N–H and O–H groups in total. The largest absolute Gasteiger partial charge is 0.491 e. The van der Waals surface area contributed by atoms with Crippen LogP contribution in [0.4, 0.5) is 0 Å². The minimum absolute atomic E-state index is 0.227. The Hall–Kier alpha value is -1.02. The third kappa shape index (κ3) is 3.49. The highest BCUT2D eigenvalue weighted by Gasteiger charge is 2.19. The molecule has 0 radical (unpaired) electrons. The van der Waals surface area contributed by atoms with E-state index >= 15 is 0 Å². The summed E-state index contributed by atoms with van der Waals surface area (Å²) in [5.41, 5.74) is 1.28. The molecule has 1 aliphatic rings. The minimum Gasteiger partial charge on any atom is -0.491 e. The van der Waals surface area contributed by atoms with E-state index in [1.807, 2.05) is 6.07 Å². The van der Waals surface area contributed by atoms with Gasteiger partial charge in [-0.3, -0.25) is 0 Å². The van der Waals surface area contributed by atoms with Crippen LogP contribution in [0.5, 0.6) is 5.75 Å². The molecule has 1 atom stereocenters. The van der Waals surface area contributed by atoms with Gasteiger partial charge in [-0.2, -0.15) is 0 Å². The van der Waals surface area contributed by atoms with Crippen LogP contribution >= 0.6 is 0 Å². The van der Waals surface area contributed by atoms with Crippen molar-refractivity contribution in [3.63, 3.8) is 0 Å². The van der Waals surface area contributed by atoms with E-state index in [9.17, 15) is 0 Å². The molecule has 100 valence electrons. The molecule has 0 spiro atoms. The summed E-state index contributed by atoms with van der Waals surface area (Å²) in [5, 5.41) is 3.73. The summed E-state index contributed by atoms with van der Waals surface area (Å²) in [6.07, 6.45) is 5.60. The summed E-state index contributed by atoms with van der Waals surface area (Å²) in [6.45, 7) is 6.39. The Morgan fingerprint density at radius 1 is 1.11 bits per heavy atom. The predicted molar refractivity (Wildman–Crippen MR) is 76.0 cm³/mol. The maximum absolute atomic E-state index is 5.89. The first-order valence-electron chi connectivity index (χ1n) is 7.18. The van der Waals surface area contributed by atoms with E-state index in [4.69, 9.17) is 4.74 Å². The normalized spacial score (nSPS) is 18.2.